The number of nitrogens with one attached hydrogen (secondary N) is 1. The Balaban J connectivity index is 1.67. The Kier molecular flexibility index (Phi) is 6.07. The molecule has 4 atom stereocenters. The summed E-state index contributed by atoms with van der Waals surface area (Å²) in [5.74, 6) is 0.0508. The van der Waals surface area contributed by atoms with Crippen molar-refractivity contribution in [1.82, 2.24) is 5.32 Å². The lowest BCUT2D eigenvalue weighted by molar-refractivity contribution is -0.124. The number of benzene rings is 2. The number of thiophene rings is 1. The number of hydrogen-bond acceptors (Lipinski definition) is 8. The molecule has 9 heteroatoms. The van der Waals surface area contributed by atoms with E-state index in [2.05, 4.69) is 5.32 Å². The van der Waals surface area contributed by atoms with Gasteiger partial charge in [0.2, 0.25) is 0 Å². The van der Waals surface area contributed by atoms with Crippen LogP contribution in [-0.2, 0) is 10.3 Å². The minimum atomic E-state index is -1.50. The standard InChI is InChI=1S/C27H33N5O3S/c1-12(2)35-14-7-8-15(13(3)11-14)27(31)16-9-10-18(29)23-20(16)21(22(30)25(27)33)24(36-23)26(34)32-19-6-4-5-17(19)28/h7-12,17,19,22H,4-6,28-31H2,1-3H3,(H,32,34)/t17-,19+,22?,27?/m0/s1. The first-order valence-electron chi connectivity index (χ1n) is 12.3. The van der Waals surface area contributed by atoms with E-state index in [1.54, 1.807) is 12.1 Å². The number of anilines is 1. The van der Waals surface area contributed by atoms with Gasteiger partial charge in [0.1, 0.15) is 11.3 Å². The number of nitrogen functional groups attached to an aromatic ring is 1. The molecule has 0 spiro atoms. The molecule has 5 rings (SSSR count). The molecule has 0 bridgehead atoms. The fourth-order valence-electron chi connectivity index (χ4n) is 5.65. The summed E-state index contributed by atoms with van der Waals surface area (Å²) in [5, 5.41) is 3.75. The summed E-state index contributed by atoms with van der Waals surface area (Å²) in [6.07, 6.45) is 2.68. The molecule has 3 aromatic rings. The first-order chi connectivity index (χ1) is 17.0. The molecule has 0 saturated heterocycles. The molecule has 0 radical (unpaired) electrons. The lowest BCUT2D eigenvalue weighted by Crippen LogP contribution is -2.53. The zero-order valence-electron chi connectivity index (χ0n) is 20.8. The van der Waals surface area contributed by atoms with Crippen molar-refractivity contribution in [3.63, 3.8) is 0 Å². The molecule has 190 valence electrons. The van der Waals surface area contributed by atoms with Crippen molar-refractivity contribution in [2.75, 3.05) is 5.73 Å². The second kappa shape index (κ2) is 8.85. The van der Waals surface area contributed by atoms with Gasteiger partial charge in [-0.1, -0.05) is 12.1 Å². The van der Waals surface area contributed by atoms with Crippen LogP contribution in [0.15, 0.2) is 30.3 Å². The van der Waals surface area contributed by atoms with Crippen LogP contribution < -0.4 is 33.0 Å². The van der Waals surface area contributed by atoms with Gasteiger partial charge in [0.15, 0.2) is 5.78 Å². The SMILES string of the molecule is Cc1cc(OC(C)C)ccc1C1(N)C(=O)C(N)c2c(C(=O)N[C@@H]3CCC[C@@H]3N)sc3c(N)ccc1c23. The van der Waals surface area contributed by atoms with Crippen LogP contribution in [0.3, 0.4) is 0 Å². The molecule has 1 amide bonds. The lowest BCUT2D eigenvalue weighted by Gasteiger charge is -2.37. The van der Waals surface area contributed by atoms with Crippen LogP contribution in [-0.4, -0.2) is 29.9 Å². The molecule has 0 aliphatic heterocycles. The Morgan fingerprint density at radius 3 is 2.53 bits per heavy atom. The molecule has 2 aliphatic rings. The molecule has 2 aromatic carbocycles. The Morgan fingerprint density at radius 2 is 1.89 bits per heavy atom. The van der Waals surface area contributed by atoms with Gasteiger partial charge in [0.25, 0.3) is 5.91 Å². The molecular weight excluding hydrogens is 474 g/mol. The van der Waals surface area contributed by atoms with E-state index in [-0.39, 0.29) is 29.9 Å². The number of Topliss-reactive ketones (excluding diaryl/α,β-unsaturated/α-hetero) is 1. The minimum Gasteiger partial charge on any atom is -0.491 e. The molecule has 1 saturated carbocycles. The molecule has 36 heavy (non-hydrogen) atoms. The summed E-state index contributed by atoms with van der Waals surface area (Å²) in [4.78, 5) is 27.7. The molecule has 1 heterocycles. The second-order valence-corrected chi connectivity index (χ2v) is 11.2. The van der Waals surface area contributed by atoms with E-state index in [0.29, 0.717) is 43.1 Å². The van der Waals surface area contributed by atoms with Crippen LogP contribution in [0, 0.1) is 6.92 Å². The molecule has 2 unspecified atom stereocenters. The van der Waals surface area contributed by atoms with E-state index < -0.39 is 11.6 Å². The van der Waals surface area contributed by atoms with E-state index >= 15 is 0 Å². The number of carbonyl (C=O) groups is 2. The summed E-state index contributed by atoms with van der Waals surface area (Å²) in [5.41, 5.74) is 27.7. The zero-order valence-corrected chi connectivity index (χ0v) is 21.6. The monoisotopic (exact) mass is 507 g/mol. The Bertz CT molecular complexity index is 1380. The van der Waals surface area contributed by atoms with Crippen molar-refractivity contribution in [3.8, 4) is 5.75 Å². The highest BCUT2D eigenvalue weighted by Crippen LogP contribution is 2.50. The van der Waals surface area contributed by atoms with Crippen LogP contribution in [0.25, 0.3) is 10.1 Å². The third-order valence-corrected chi connectivity index (χ3v) is 8.65. The van der Waals surface area contributed by atoms with Crippen molar-refractivity contribution in [1.29, 1.82) is 0 Å². The smallest absolute Gasteiger partial charge is 0.262 e. The van der Waals surface area contributed by atoms with E-state index in [4.69, 9.17) is 27.7 Å². The van der Waals surface area contributed by atoms with Crippen molar-refractivity contribution < 1.29 is 14.3 Å². The third kappa shape index (κ3) is 3.69. The number of nitrogens with two attached hydrogens (primary N) is 4. The quantitative estimate of drug-likeness (QED) is 0.332. The van der Waals surface area contributed by atoms with Crippen LogP contribution >= 0.6 is 11.3 Å². The van der Waals surface area contributed by atoms with E-state index in [1.807, 2.05) is 39.0 Å². The van der Waals surface area contributed by atoms with E-state index in [9.17, 15) is 9.59 Å². The number of amides is 1. The van der Waals surface area contributed by atoms with E-state index in [1.165, 1.54) is 11.3 Å². The average Bonchev–Trinajstić information content (AvgIpc) is 3.41. The first-order valence-corrected chi connectivity index (χ1v) is 13.1. The Morgan fingerprint density at radius 1 is 1.17 bits per heavy atom. The van der Waals surface area contributed by atoms with Gasteiger partial charge in [-0.05, 0) is 74.9 Å². The second-order valence-electron chi connectivity index (χ2n) is 10.2. The molecule has 1 aromatic heterocycles. The summed E-state index contributed by atoms with van der Waals surface area (Å²) in [6.45, 7) is 5.81. The number of ketones is 1. The van der Waals surface area contributed by atoms with Crippen LogP contribution in [0.4, 0.5) is 5.69 Å². The zero-order chi connectivity index (χ0) is 25.9. The van der Waals surface area contributed by atoms with Gasteiger partial charge < -0.3 is 33.0 Å². The lowest BCUT2D eigenvalue weighted by atomic mass is 9.69. The van der Waals surface area contributed by atoms with Gasteiger partial charge in [-0.25, -0.2) is 0 Å². The fourth-order valence-corrected chi connectivity index (χ4v) is 6.86. The Labute approximate surface area is 214 Å². The Hall–Kier alpha value is -2.98. The van der Waals surface area contributed by atoms with Crippen molar-refractivity contribution in [2.45, 2.75) is 69.8 Å². The third-order valence-electron chi connectivity index (χ3n) is 7.40. The van der Waals surface area contributed by atoms with Gasteiger partial charge in [0, 0.05) is 28.7 Å². The molecular formula is C27H33N5O3S. The highest BCUT2D eigenvalue weighted by molar-refractivity contribution is 7.21. The van der Waals surface area contributed by atoms with Crippen molar-refractivity contribution in [3.05, 3.63) is 57.5 Å². The van der Waals surface area contributed by atoms with Crippen LogP contribution in [0.1, 0.15) is 71.1 Å². The summed E-state index contributed by atoms with van der Waals surface area (Å²) >= 11 is 1.25. The predicted molar refractivity (Wildman–Crippen MR) is 143 cm³/mol. The normalized spacial score (nSPS) is 25.5. The average molecular weight is 508 g/mol. The van der Waals surface area contributed by atoms with E-state index in [0.717, 1.165) is 24.8 Å². The van der Waals surface area contributed by atoms with Gasteiger partial charge in [-0.15, -0.1) is 11.3 Å². The number of rotatable bonds is 5. The van der Waals surface area contributed by atoms with Gasteiger partial charge >= 0.3 is 0 Å². The van der Waals surface area contributed by atoms with Crippen LogP contribution in [0.5, 0.6) is 5.75 Å². The maximum absolute atomic E-state index is 14.0. The highest BCUT2D eigenvalue weighted by Gasteiger charge is 2.49. The predicted octanol–water partition coefficient (Wildman–Crippen LogP) is 2.97. The van der Waals surface area contributed by atoms with Gasteiger partial charge in [-0.2, -0.15) is 0 Å². The molecule has 9 N–H and O–H groups in total. The van der Waals surface area contributed by atoms with Crippen molar-refractivity contribution in [2.24, 2.45) is 17.2 Å². The topological polar surface area (TPSA) is 159 Å². The summed E-state index contributed by atoms with van der Waals surface area (Å²) < 4.78 is 6.53. The highest BCUT2D eigenvalue weighted by atomic mass is 32.1. The number of ether oxygens (including phenoxy) is 1. The first kappa shape index (κ1) is 24.7. The van der Waals surface area contributed by atoms with Gasteiger partial charge in [0.05, 0.1) is 21.7 Å². The molecule has 1 fully saturated rings. The van der Waals surface area contributed by atoms with Crippen LogP contribution in [0.2, 0.25) is 0 Å². The van der Waals surface area contributed by atoms with Crippen molar-refractivity contribution >= 4 is 38.8 Å². The maximum Gasteiger partial charge on any atom is 0.262 e. The summed E-state index contributed by atoms with van der Waals surface area (Å²) in [6, 6.07) is 7.77. The summed E-state index contributed by atoms with van der Waals surface area (Å²) in [7, 11) is 0. The maximum atomic E-state index is 14.0. The fraction of sp³-hybridized carbons (Fsp3) is 0.407. The number of carbonyl (C=O) groups excluding carboxylic acids is 2. The number of aryl methyl sites for hydroxylation is 1. The van der Waals surface area contributed by atoms with Gasteiger partial charge in [-0.3, -0.25) is 9.59 Å². The molecule has 8 nitrogen and oxygen atoms in total. The number of hydrogen-bond donors (Lipinski definition) is 5. The molecule has 2 aliphatic carbocycles. The largest absolute Gasteiger partial charge is 0.491 e. The minimum absolute atomic E-state index is 0.0141.